The summed E-state index contributed by atoms with van der Waals surface area (Å²) in [5.74, 6) is -0.327. The third-order valence-corrected chi connectivity index (χ3v) is 4.00. The van der Waals surface area contributed by atoms with Gasteiger partial charge in [0.15, 0.2) is 0 Å². The molecular weight excluding hydrogens is 317 g/mol. The second kappa shape index (κ2) is 7.33. The molecule has 3 nitrogen and oxygen atoms in total. The van der Waals surface area contributed by atoms with Crippen LogP contribution in [0.5, 0.6) is 0 Å². The van der Waals surface area contributed by atoms with Crippen molar-refractivity contribution in [3.63, 3.8) is 0 Å². The molecule has 0 spiro atoms. The van der Waals surface area contributed by atoms with Gasteiger partial charge in [0.05, 0.1) is 16.3 Å². The highest BCUT2D eigenvalue weighted by Crippen LogP contribution is 2.33. The number of hydrogen-bond acceptors (Lipinski definition) is 2. The monoisotopic (exact) mass is 334 g/mol. The molecular formula is C15H18ClF3N2O. The van der Waals surface area contributed by atoms with Gasteiger partial charge < -0.3 is 10.2 Å². The van der Waals surface area contributed by atoms with Gasteiger partial charge in [0.2, 0.25) is 5.91 Å². The number of benzene rings is 1. The molecule has 0 atom stereocenters. The van der Waals surface area contributed by atoms with Crippen LogP contribution >= 0.6 is 11.6 Å². The van der Waals surface area contributed by atoms with Crippen LogP contribution in [0.1, 0.15) is 31.2 Å². The van der Waals surface area contributed by atoms with Crippen LogP contribution in [-0.4, -0.2) is 30.4 Å². The zero-order chi connectivity index (χ0) is 16.2. The maximum absolute atomic E-state index is 12.7. The van der Waals surface area contributed by atoms with E-state index in [1.54, 1.807) is 0 Å². The summed E-state index contributed by atoms with van der Waals surface area (Å²) in [4.78, 5) is 14.1. The smallest absolute Gasteiger partial charge is 0.325 e. The van der Waals surface area contributed by atoms with Gasteiger partial charge in [-0.2, -0.15) is 13.2 Å². The van der Waals surface area contributed by atoms with Gasteiger partial charge in [0.1, 0.15) is 0 Å². The Kier molecular flexibility index (Phi) is 5.69. The molecule has 0 aromatic heterocycles. The van der Waals surface area contributed by atoms with Crippen molar-refractivity contribution in [3.05, 3.63) is 28.8 Å². The van der Waals surface area contributed by atoms with Crippen LogP contribution in [-0.2, 0) is 11.0 Å². The van der Waals surface area contributed by atoms with Crippen molar-refractivity contribution < 1.29 is 18.0 Å². The molecule has 1 aromatic rings. The van der Waals surface area contributed by atoms with Crippen LogP contribution in [0.25, 0.3) is 0 Å². The lowest BCUT2D eigenvalue weighted by Crippen LogP contribution is -2.32. The number of anilines is 1. The molecule has 22 heavy (non-hydrogen) atoms. The molecule has 1 amide bonds. The first kappa shape index (κ1) is 17.1. The molecule has 0 unspecified atom stereocenters. The summed E-state index contributed by atoms with van der Waals surface area (Å²) >= 11 is 5.85. The van der Waals surface area contributed by atoms with E-state index in [-0.39, 0.29) is 23.0 Å². The van der Waals surface area contributed by atoms with Gasteiger partial charge in [-0.25, -0.2) is 0 Å². The van der Waals surface area contributed by atoms with Crippen molar-refractivity contribution >= 4 is 23.2 Å². The van der Waals surface area contributed by atoms with Gasteiger partial charge in [-0.1, -0.05) is 18.0 Å². The predicted molar refractivity (Wildman–Crippen MR) is 80.0 cm³/mol. The number of amides is 1. The molecule has 0 aliphatic carbocycles. The van der Waals surface area contributed by atoms with Crippen LogP contribution in [0.4, 0.5) is 18.9 Å². The van der Waals surface area contributed by atoms with E-state index in [2.05, 4.69) is 10.2 Å². The molecule has 0 bridgehead atoms. The average molecular weight is 335 g/mol. The molecule has 1 heterocycles. The minimum Gasteiger partial charge on any atom is -0.325 e. The number of alkyl halides is 3. The lowest BCUT2D eigenvalue weighted by molar-refractivity contribution is -0.137. The standard InChI is InChI=1S/C15H18ClF3N2O/c16-12-5-4-11(15(17,18)19)10-13(12)20-14(22)6-9-21-7-2-1-3-8-21/h4-5,10H,1-3,6-9H2,(H,20,22). The summed E-state index contributed by atoms with van der Waals surface area (Å²) in [7, 11) is 0. The second-order valence-electron chi connectivity index (χ2n) is 5.39. The minimum absolute atomic E-state index is 0.000126. The summed E-state index contributed by atoms with van der Waals surface area (Å²) in [6.07, 6.45) is -0.755. The van der Waals surface area contributed by atoms with Crippen LogP contribution in [0, 0.1) is 0 Å². The van der Waals surface area contributed by atoms with Crippen molar-refractivity contribution in [2.75, 3.05) is 25.0 Å². The minimum atomic E-state index is -4.46. The van der Waals surface area contributed by atoms with Gasteiger partial charge >= 0.3 is 6.18 Å². The van der Waals surface area contributed by atoms with Gasteiger partial charge in [0.25, 0.3) is 0 Å². The van der Waals surface area contributed by atoms with Crippen LogP contribution in [0.15, 0.2) is 18.2 Å². The molecule has 1 N–H and O–H groups in total. The first-order chi connectivity index (χ1) is 10.4. The molecule has 122 valence electrons. The molecule has 7 heteroatoms. The van der Waals surface area contributed by atoms with E-state index in [0.717, 1.165) is 44.1 Å². The topological polar surface area (TPSA) is 32.3 Å². The first-order valence-electron chi connectivity index (χ1n) is 7.25. The normalized spacial score (nSPS) is 16.5. The van der Waals surface area contributed by atoms with Crippen molar-refractivity contribution in [3.8, 4) is 0 Å². The summed E-state index contributed by atoms with van der Waals surface area (Å²) in [6, 6.07) is 2.90. The Bertz CT molecular complexity index is 528. The fraction of sp³-hybridized carbons (Fsp3) is 0.533. The zero-order valence-corrected chi connectivity index (χ0v) is 12.8. The van der Waals surface area contributed by atoms with Crippen molar-refractivity contribution in [2.45, 2.75) is 31.9 Å². The highest BCUT2D eigenvalue weighted by atomic mass is 35.5. The third kappa shape index (κ3) is 4.88. The van der Waals surface area contributed by atoms with Crippen LogP contribution in [0.3, 0.4) is 0 Å². The van der Waals surface area contributed by atoms with E-state index in [1.807, 2.05) is 0 Å². The highest BCUT2D eigenvalue weighted by Gasteiger charge is 2.31. The van der Waals surface area contributed by atoms with Gasteiger partial charge in [-0.05, 0) is 44.1 Å². The highest BCUT2D eigenvalue weighted by molar-refractivity contribution is 6.33. The summed E-state index contributed by atoms with van der Waals surface area (Å²) in [5, 5.41) is 2.56. The first-order valence-corrected chi connectivity index (χ1v) is 7.63. The number of carbonyl (C=O) groups excluding carboxylic acids is 1. The number of hydrogen-bond donors (Lipinski definition) is 1. The Hall–Kier alpha value is -1.27. The van der Waals surface area contributed by atoms with Crippen molar-refractivity contribution in [2.24, 2.45) is 0 Å². The molecule has 0 radical (unpaired) electrons. The number of nitrogens with zero attached hydrogens (tertiary/aromatic N) is 1. The van der Waals surface area contributed by atoms with E-state index in [4.69, 9.17) is 11.6 Å². The Morgan fingerprint density at radius 2 is 1.91 bits per heavy atom. The Morgan fingerprint density at radius 1 is 1.23 bits per heavy atom. The number of piperidine rings is 1. The maximum Gasteiger partial charge on any atom is 0.416 e. The Morgan fingerprint density at radius 3 is 2.55 bits per heavy atom. The maximum atomic E-state index is 12.7. The number of carbonyl (C=O) groups is 1. The number of rotatable bonds is 4. The van der Waals surface area contributed by atoms with Crippen molar-refractivity contribution in [1.82, 2.24) is 4.90 Å². The lowest BCUT2D eigenvalue weighted by atomic mass is 10.1. The van der Waals surface area contributed by atoms with E-state index in [9.17, 15) is 18.0 Å². The average Bonchev–Trinajstić information content (AvgIpc) is 2.47. The Balaban J connectivity index is 1.93. The zero-order valence-electron chi connectivity index (χ0n) is 12.0. The van der Waals surface area contributed by atoms with E-state index < -0.39 is 11.7 Å². The lowest BCUT2D eigenvalue weighted by Gasteiger charge is -2.26. The third-order valence-electron chi connectivity index (χ3n) is 3.67. The second-order valence-corrected chi connectivity index (χ2v) is 5.80. The molecule has 1 fully saturated rings. The molecule has 2 rings (SSSR count). The largest absolute Gasteiger partial charge is 0.416 e. The van der Waals surface area contributed by atoms with E-state index in [1.165, 1.54) is 6.42 Å². The summed E-state index contributed by atoms with van der Waals surface area (Å²) in [6.45, 7) is 2.55. The molecule has 1 aromatic carbocycles. The number of halogens is 4. The fourth-order valence-corrected chi connectivity index (χ4v) is 2.62. The number of nitrogens with one attached hydrogen (secondary N) is 1. The van der Waals surface area contributed by atoms with Crippen LogP contribution < -0.4 is 5.32 Å². The summed E-state index contributed by atoms with van der Waals surface area (Å²) in [5.41, 5.74) is -0.830. The molecule has 1 saturated heterocycles. The Labute approximate surface area is 132 Å². The van der Waals surface area contributed by atoms with Gasteiger partial charge in [-0.3, -0.25) is 4.79 Å². The van der Waals surface area contributed by atoms with E-state index >= 15 is 0 Å². The molecule has 0 saturated carbocycles. The molecule has 1 aliphatic rings. The predicted octanol–water partition coefficient (Wildman–Crippen LogP) is 4.17. The SMILES string of the molecule is O=C(CCN1CCCCC1)Nc1cc(C(F)(F)F)ccc1Cl. The van der Waals surface area contributed by atoms with Gasteiger partial charge in [0, 0.05) is 13.0 Å². The molecule has 1 aliphatic heterocycles. The van der Waals surface area contributed by atoms with Crippen molar-refractivity contribution in [1.29, 1.82) is 0 Å². The quantitative estimate of drug-likeness (QED) is 0.896. The van der Waals surface area contributed by atoms with Crippen LogP contribution in [0.2, 0.25) is 5.02 Å². The van der Waals surface area contributed by atoms with Gasteiger partial charge in [-0.15, -0.1) is 0 Å². The summed E-state index contributed by atoms with van der Waals surface area (Å²) < 4.78 is 38.0. The fourth-order valence-electron chi connectivity index (χ4n) is 2.45. The van der Waals surface area contributed by atoms with E-state index in [0.29, 0.717) is 6.54 Å². The number of likely N-dealkylation sites (tertiary alicyclic amines) is 1.